The third-order valence-corrected chi connectivity index (χ3v) is 7.09. The first kappa shape index (κ1) is 16.6. The van der Waals surface area contributed by atoms with Crippen LogP contribution in [0.5, 0.6) is 0 Å². The van der Waals surface area contributed by atoms with Gasteiger partial charge in [-0.25, -0.2) is 0 Å². The van der Waals surface area contributed by atoms with Gasteiger partial charge < -0.3 is 10.4 Å². The Kier molecular flexibility index (Phi) is 4.09. The number of aliphatic carboxylic acids is 1. The molecule has 4 heteroatoms. The van der Waals surface area contributed by atoms with Crippen LogP contribution < -0.4 is 5.32 Å². The third-order valence-electron chi connectivity index (χ3n) is 7.09. The SMILES string of the molecule is O=C(CC1CC(c2ccccc2)C1)NC12CCC(C(=O)O)(CC1)CC2. The van der Waals surface area contributed by atoms with Gasteiger partial charge in [0.05, 0.1) is 5.41 Å². The Morgan fingerprint density at radius 3 is 2.16 bits per heavy atom. The van der Waals surface area contributed by atoms with E-state index in [4.69, 9.17) is 0 Å². The molecule has 0 heterocycles. The van der Waals surface area contributed by atoms with E-state index >= 15 is 0 Å². The van der Waals surface area contributed by atoms with Crippen LogP contribution in [0.2, 0.25) is 0 Å². The summed E-state index contributed by atoms with van der Waals surface area (Å²) in [5.74, 6) is 0.624. The standard InChI is InChI=1S/C21H27NO3/c23-18(14-15-12-17(13-15)16-4-2-1-3-5-16)22-21-9-6-20(7-10-21,8-11-21)19(24)25/h1-5,15,17H,6-14H2,(H,22,23)(H,24,25). The predicted molar refractivity (Wildman–Crippen MR) is 95.2 cm³/mol. The van der Waals surface area contributed by atoms with E-state index in [1.54, 1.807) is 0 Å². The summed E-state index contributed by atoms with van der Waals surface area (Å²) in [6.07, 6.45) is 7.42. The highest BCUT2D eigenvalue weighted by Crippen LogP contribution is 2.52. The monoisotopic (exact) mass is 341 g/mol. The first-order valence-corrected chi connectivity index (χ1v) is 9.60. The Labute approximate surface area is 149 Å². The topological polar surface area (TPSA) is 66.4 Å². The molecule has 0 saturated heterocycles. The fraction of sp³-hybridized carbons (Fsp3) is 0.619. The molecule has 134 valence electrons. The lowest BCUT2D eigenvalue weighted by Gasteiger charge is -2.51. The van der Waals surface area contributed by atoms with E-state index in [0.29, 0.717) is 37.5 Å². The maximum atomic E-state index is 12.5. The molecule has 2 N–H and O–H groups in total. The summed E-state index contributed by atoms with van der Waals surface area (Å²) in [4.78, 5) is 24.0. The maximum Gasteiger partial charge on any atom is 0.309 e. The van der Waals surface area contributed by atoms with E-state index in [2.05, 4.69) is 29.6 Å². The van der Waals surface area contributed by atoms with E-state index < -0.39 is 11.4 Å². The quantitative estimate of drug-likeness (QED) is 0.854. The van der Waals surface area contributed by atoms with Crippen molar-refractivity contribution in [1.29, 1.82) is 0 Å². The smallest absolute Gasteiger partial charge is 0.309 e. The van der Waals surface area contributed by atoms with Gasteiger partial charge in [-0.05, 0) is 68.8 Å². The first-order valence-electron chi connectivity index (χ1n) is 9.60. The number of amides is 1. The second-order valence-corrected chi connectivity index (χ2v) is 8.56. The summed E-state index contributed by atoms with van der Waals surface area (Å²) in [6.45, 7) is 0. The van der Waals surface area contributed by atoms with Crippen molar-refractivity contribution in [1.82, 2.24) is 5.32 Å². The summed E-state index contributed by atoms with van der Waals surface area (Å²) in [5.41, 5.74) is 0.752. The molecule has 0 aliphatic heterocycles. The van der Waals surface area contributed by atoms with Gasteiger partial charge in [0.25, 0.3) is 0 Å². The number of carboxylic acid groups (broad SMARTS) is 1. The minimum atomic E-state index is -0.645. The molecule has 2 bridgehead atoms. The van der Waals surface area contributed by atoms with Gasteiger partial charge in [-0.3, -0.25) is 9.59 Å². The second-order valence-electron chi connectivity index (χ2n) is 8.56. The molecular formula is C21H27NO3. The number of fused-ring (bicyclic) bond motifs is 3. The number of rotatable bonds is 5. The molecule has 0 atom stereocenters. The van der Waals surface area contributed by atoms with Gasteiger partial charge in [-0.2, -0.15) is 0 Å². The van der Waals surface area contributed by atoms with Crippen LogP contribution in [0.4, 0.5) is 0 Å². The number of hydrogen-bond donors (Lipinski definition) is 2. The number of carbonyl (C=O) groups is 2. The molecule has 4 nitrogen and oxygen atoms in total. The van der Waals surface area contributed by atoms with E-state index in [1.165, 1.54) is 5.56 Å². The second kappa shape index (κ2) is 6.15. The molecule has 1 aromatic rings. The molecule has 1 amide bonds. The number of carboxylic acids is 1. The Balaban J connectivity index is 1.26. The van der Waals surface area contributed by atoms with Crippen molar-refractivity contribution in [3.63, 3.8) is 0 Å². The van der Waals surface area contributed by atoms with Gasteiger partial charge >= 0.3 is 5.97 Å². The van der Waals surface area contributed by atoms with Crippen LogP contribution >= 0.6 is 0 Å². The van der Waals surface area contributed by atoms with Gasteiger partial charge in [0.15, 0.2) is 0 Å². The van der Waals surface area contributed by atoms with Crippen LogP contribution in [-0.4, -0.2) is 22.5 Å². The van der Waals surface area contributed by atoms with E-state index in [-0.39, 0.29) is 11.4 Å². The highest BCUT2D eigenvalue weighted by molar-refractivity contribution is 5.78. The average molecular weight is 341 g/mol. The lowest BCUT2D eigenvalue weighted by atomic mass is 9.57. The Morgan fingerprint density at radius 2 is 1.60 bits per heavy atom. The predicted octanol–water partition coefficient (Wildman–Crippen LogP) is 3.86. The summed E-state index contributed by atoms with van der Waals surface area (Å²) in [5, 5.41) is 12.8. The lowest BCUT2D eigenvalue weighted by molar-refractivity contribution is -0.157. The summed E-state index contributed by atoms with van der Waals surface area (Å²) < 4.78 is 0. The third kappa shape index (κ3) is 3.07. The van der Waals surface area contributed by atoms with Gasteiger partial charge in [0, 0.05) is 12.0 Å². The zero-order valence-corrected chi connectivity index (χ0v) is 14.7. The van der Waals surface area contributed by atoms with Crippen LogP contribution in [0.15, 0.2) is 30.3 Å². The molecule has 5 rings (SSSR count). The van der Waals surface area contributed by atoms with Gasteiger partial charge in [-0.15, -0.1) is 0 Å². The van der Waals surface area contributed by atoms with Crippen molar-refractivity contribution in [2.45, 2.75) is 69.2 Å². The fourth-order valence-electron chi connectivity index (χ4n) is 5.20. The maximum absolute atomic E-state index is 12.5. The fourth-order valence-corrected chi connectivity index (χ4v) is 5.20. The van der Waals surface area contributed by atoms with Crippen LogP contribution in [0.3, 0.4) is 0 Å². The summed E-state index contributed by atoms with van der Waals surface area (Å²) >= 11 is 0. The normalized spacial score (nSPS) is 36.5. The molecule has 4 aliphatic carbocycles. The van der Waals surface area contributed by atoms with Crippen molar-refractivity contribution < 1.29 is 14.7 Å². The molecule has 0 radical (unpaired) electrons. The van der Waals surface area contributed by atoms with Crippen LogP contribution in [-0.2, 0) is 9.59 Å². The average Bonchev–Trinajstić information content (AvgIpc) is 2.59. The number of hydrogen-bond acceptors (Lipinski definition) is 2. The Bertz CT molecular complexity index is 638. The van der Waals surface area contributed by atoms with Crippen LogP contribution in [0.25, 0.3) is 0 Å². The van der Waals surface area contributed by atoms with E-state index in [0.717, 1.165) is 32.1 Å². The molecular weight excluding hydrogens is 314 g/mol. The molecule has 4 fully saturated rings. The minimum absolute atomic E-state index is 0.128. The number of carbonyl (C=O) groups excluding carboxylic acids is 1. The van der Waals surface area contributed by atoms with Crippen molar-refractivity contribution in [2.75, 3.05) is 0 Å². The van der Waals surface area contributed by atoms with Gasteiger partial charge in [0.1, 0.15) is 0 Å². The zero-order chi connectivity index (χ0) is 17.5. The highest BCUT2D eigenvalue weighted by atomic mass is 16.4. The lowest BCUT2D eigenvalue weighted by Crippen LogP contribution is -2.58. The molecule has 4 saturated carbocycles. The van der Waals surface area contributed by atoms with Gasteiger partial charge in [-0.1, -0.05) is 30.3 Å². The van der Waals surface area contributed by atoms with Crippen molar-refractivity contribution in [3.8, 4) is 0 Å². The summed E-state index contributed by atoms with van der Waals surface area (Å²) in [6, 6.07) is 10.6. The first-order chi connectivity index (χ1) is 12.0. The van der Waals surface area contributed by atoms with Gasteiger partial charge in [0.2, 0.25) is 5.91 Å². The zero-order valence-electron chi connectivity index (χ0n) is 14.7. The molecule has 0 aromatic heterocycles. The molecule has 0 spiro atoms. The van der Waals surface area contributed by atoms with Crippen molar-refractivity contribution >= 4 is 11.9 Å². The number of benzene rings is 1. The van der Waals surface area contributed by atoms with Crippen molar-refractivity contribution in [3.05, 3.63) is 35.9 Å². The molecule has 0 unspecified atom stereocenters. The Morgan fingerprint density at radius 1 is 1.00 bits per heavy atom. The largest absolute Gasteiger partial charge is 0.481 e. The molecule has 25 heavy (non-hydrogen) atoms. The van der Waals surface area contributed by atoms with Crippen molar-refractivity contribution in [2.24, 2.45) is 11.3 Å². The number of nitrogens with one attached hydrogen (secondary N) is 1. The van der Waals surface area contributed by atoms with E-state index in [9.17, 15) is 14.7 Å². The Hall–Kier alpha value is -1.84. The van der Waals surface area contributed by atoms with Crippen LogP contribution in [0.1, 0.15) is 69.3 Å². The molecule has 1 aromatic carbocycles. The highest BCUT2D eigenvalue weighted by Gasteiger charge is 2.53. The van der Waals surface area contributed by atoms with E-state index in [1.807, 2.05) is 6.07 Å². The van der Waals surface area contributed by atoms with Crippen LogP contribution in [0, 0.1) is 11.3 Å². The minimum Gasteiger partial charge on any atom is -0.481 e. The summed E-state index contributed by atoms with van der Waals surface area (Å²) in [7, 11) is 0. The molecule has 4 aliphatic rings.